The smallest absolute Gasteiger partial charge is 0.220 e. The molecule has 0 aliphatic carbocycles. The minimum Gasteiger partial charge on any atom is -0.349 e. The van der Waals surface area contributed by atoms with Gasteiger partial charge in [0, 0.05) is 18.1 Å². The Morgan fingerprint density at radius 3 is 2.52 bits per heavy atom. The van der Waals surface area contributed by atoms with E-state index in [1.807, 2.05) is 30.3 Å². The maximum absolute atomic E-state index is 13.6. The van der Waals surface area contributed by atoms with E-state index in [-0.39, 0.29) is 11.5 Å². The highest BCUT2D eigenvalue weighted by molar-refractivity contribution is 5.76. The standard InChI is InChI=1S/C17H17F2NO/c1-12(15-9-8-14(18)11-16(15)19)20-17(21)10-7-13-5-3-2-4-6-13/h2-6,8-9,11-12H,7,10H2,1H3,(H,20,21). The van der Waals surface area contributed by atoms with Crippen LogP contribution in [-0.2, 0) is 11.2 Å². The van der Waals surface area contributed by atoms with E-state index in [9.17, 15) is 13.6 Å². The molecule has 0 aliphatic rings. The molecule has 2 rings (SSSR count). The molecule has 0 bridgehead atoms. The Morgan fingerprint density at radius 2 is 1.86 bits per heavy atom. The fourth-order valence-corrected chi connectivity index (χ4v) is 2.15. The topological polar surface area (TPSA) is 29.1 Å². The molecule has 4 heteroatoms. The van der Waals surface area contributed by atoms with Crippen molar-refractivity contribution in [3.05, 3.63) is 71.3 Å². The predicted molar refractivity (Wildman–Crippen MR) is 77.7 cm³/mol. The maximum atomic E-state index is 13.6. The second kappa shape index (κ2) is 6.97. The van der Waals surface area contributed by atoms with Gasteiger partial charge in [-0.25, -0.2) is 8.78 Å². The molecule has 0 aromatic heterocycles. The fraction of sp³-hybridized carbons (Fsp3) is 0.235. The third-order valence-electron chi connectivity index (χ3n) is 3.29. The number of aryl methyl sites for hydroxylation is 1. The summed E-state index contributed by atoms with van der Waals surface area (Å²) < 4.78 is 26.5. The van der Waals surface area contributed by atoms with Crippen LogP contribution in [0.5, 0.6) is 0 Å². The first kappa shape index (κ1) is 15.2. The fourth-order valence-electron chi connectivity index (χ4n) is 2.15. The van der Waals surface area contributed by atoms with Crippen LogP contribution in [0.3, 0.4) is 0 Å². The average molecular weight is 289 g/mol. The molecule has 0 heterocycles. The Kier molecular flexibility index (Phi) is 5.04. The van der Waals surface area contributed by atoms with Gasteiger partial charge in [0.15, 0.2) is 0 Å². The number of benzene rings is 2. The van der Waals surface area contributed by atoms with Crippen molar-refractivity contribution in [2.75, 3.05) is 0 Å². The van der Waals surface area contributed by atoms with E-state index < -0.39 is 17.7 Å². The number of rotatable bonds is 5. The van der Waals surface area contributed by atoms with Crippen LogP contribution in [-0.4, -0.2) is 5.91 Å². The summed E-state index contributed by atoms with van der Waals surface area (Å²) in [5.74, 6) is -1.43. The molecule has 1 atom stereocenters. The summed E-state index contributed by atoms with van der Waals surface area (Å²) in [5.41, 5.74) is 1.36. The minimum atomic E-state index is -0.647. The number of hydrogen-bond donors (Lipinski definition) is 1. The first-order chi connectivity index (χ1) is 10.1. The molecule has 1 N–H and O–H groups in total. The lowest BCUT2D eigenvalue weighted by molar-refractivity contribution is -0.121. The molecule has 0 saturated carbocycles. The van der Waals surface area contributed by atoms with Gasteiger partial charge in [0.25, 0.3) is 0 Å². The van der Waals surface area contributed by atoms with Gasteiger partial charge in [0.05, 0.1) is 6.04 Å². The van der Waals surface area contributed by atoms with Gasteiger partial charge in [0.1, 0.15) is 11.6 Å². The summed E-state index contributed by atoms with van der Waals surface area (Å²) >= 11 is 0. The maximum Gasteiger partial charge on any atom is 0.220 e. The molecule has 1 unspecified atom stereocenters. The predicted octanol–water partition coefficient (Wildman–Crippen LogP) is 3.77. The third-order valence-corrected chi connectivity index (χ3v) is 3.29. The van der Waals surface area contributed by atoms with E-state index in [4.69, 9.17) is 0 Å². The number of amides is 1. The Balaban J connectivity index is 1.90. The van der Waals surface area contributed by atoms with Crippen molar-refractivity contribution >= 4 is 5.91 Å². The summed E-state index contributed by atoms with van der Waals surface area (Å²) in [6.45, 7) is 1.68. The molecule has 0 aliphatic heterocycles. The molecule has 2 aromatic carbocycles. The Hall–Kier alpha value is -2.23. The van der Waals surface area contributed by atoms with Crippen molar-refractivity contribution in [3.8, 4) is 0 Å². The normalized spacial score (nSPS) is 12.0. The molecule has 21 heavy (non-hydrogen) atoms. The largest absolute Gasteiger partial charge is 0.349 e. The number of nitrogens with one attached hydrogen (secondary N) is 1. The van der Waals surface area contributed by atoms with Crippen LogP contribution in [0.4, 0.5) is 8.78 Å². The summed E-state index contributed by atoms with van der Waals surface area (Å²) in [4.78, 5) is 11.9. The molecule has 2 aromatic rings. The lowest BCUT2D eigenvalue weighted by atomic mass is 10.1. The van der Waals surface area contributed by atoms with Crippen molar-refractivity contribution in [2.45, 2.75) is 25.8 Å². The van der Waals surface area contributed by atoms with Crippen LogP contribution in [0.15, 0.2) is 48.5 Å². The van der Waals surface area contributed by atoms with E-state index in [0.717, 1.165) is 11.6 Å². The van der Waals surface area contributed by atoms with E-state index in [1.54, 1.807) is 6.92 Å². The summed E-state index contributed by atoms with van der Waals surface area (Å²) in [5, 5.41) is 2.73. The third kappa shape index (κ3) is 4.38. The van der Waals surface area contributed by atoms with Gasteiger partial charge in [-0.1, -0.05) is 36.4 Å². The highest BCUT2D eigenvalue weighted by Crippen LogP contribution is 2.17. The van der Waals surface area contributed by atoms with Gasteiger partial charge in [-0.2, -0.15) is 0 Å². The van der Waals surface area contributed by atoms with Gasteiger partial charge in [-0.3, -0.25) is 4.79 Å². The van der Waals surface area contributed by atoms with Crippen LogP contribution in [0.1, 0.15) is 30.5 Å². The average Bonchev–Trinajstić information content (AvgIpc) is 2.46. The SMILES string of the molecule is CC(NC(=O)CCc1ccccc1)c1ccc(F)cc1F. The zero-order chi connectivity index (χ0) is 15.2. The minimum absolute atomic E-state index is 0.157. The molecule has 1 amide bonds. The first-order valence-electron chi connectivity index (χ1n) is 6.84. The van der Waals surface area contributed by atoms with E-state index in [1.165, 1.54) is 12.1 Å². The van der Waals surface area contributed by atoms with E-state index in [2.05, 4.69) is 5.32 Å². The van der Waals surface area contributed by atoms with Gasteiger partial charge < -0.3 is 5.32 Å². The van der Waals surface area contributed by atoms with Crippen molar-refractivity contribution in [1.29, 1.82) is 0 Å². The zero-order valence-corrected chi connectivity index (χ0v) is 11.8. The molecule has 0 spiro atoms. The van der Waals surface area contributed by atoms with E-state index in [0.29, 0.717) is 12.8 Å². The Morgan fingerprint density at radius 1 is 1.14 bits per heavy atom. The summed E-state index contributed by atoms with van der Waals surface area (Å²) in [7, 11) is 0. The summed E-state index contributed by atoms with van der Waals surface area (Å²) in [6.07, 6.45) is 0.961. The lowest BCUT2D eigenvalue weighted by Crippen LogP contribution is -2.27. The molecular weight excluding hydrogens is 272 g/mol. The van der Waals surface area contributed by atoms with Crippen molar-refractivity contribution in [3.63, 3.8) is 0 Å². The number of hydrogen-bond acceptors (Lipinski definition) is 1. The first-order valence-corrected chi connectivity index (χ1v) is 6.84. The van der Waals surface area contributed by atoms with Gasteiger partial charge in [-0.15, -0.1) is 0 Å². The zero-order valence-electron chi connectivity index (χ0n) is 11.8. The van der Waals surface area contributed by atoms with Crippen LogP contribution in [0.25, 0.3) is 0 Å². The van der Waals surface area contributed by atoms with Crippen molar-refractivity contribution < 1.29 is 13.6 Å². The quantitative estimate of drug-likeness (QED) is 0.892. The second-order valence-electron chi connectivity index (χ2n) is 4.94. The molecule has 0 fully saturated rings. The van der Waals surface area contributed by atoms with Crippen LogP contribution < -0.4 is 5.32 Å². The van der Waals surface area contributed by atoms with Gasteiger partial charge in [0.2, 0.25) is 5.91 Å². The highest BCUT2D eigenvalue weighted by atomic mass is 19.1. The number of carbonyl (C=O) groups excluding carboxylic acids is 1. The Bertz CT molecular complexity index is 613. The molecule has 110 valence electrons. The van der Waals surface area contributed by atoms with Crippen molar-refractivity contribution in [2.24, 2.45) is 0 Å². The highest BCUT2D eigenvalue weighted by Gasteiger charge is 2.14. The van der Waals surface area contributed by atoms with Crippen molar-refractivity contribution in [1.82, 2.24) is 5.32 Å². The number of carbonyl (C=O) groups is 1. The van der Waals surface area contributed by atoms with Gasteiger partial charge >= 0.3 is 0 Å². The van der Waals surface area contributed by atoms with E-state index >= 15 is 0 Å². The second-order valence-corrected chi connectivity index (χ2v) is 4.94. The van der Waals surface area contributed by atoms with Crippen LogP contribution in [0.2, 0.25) is 0 Å². The summed E-state index contributed by atoms with van der Waals surface area (Å²) in [6, 6.07) is 12.5. The Labute approximate surface area is 122 Å². The lowest BCUT2D eigenvalue weighted by Gasteiger charge is -2.15. The van der Waals surface area contributed by atoms with Gasteiger partial charge in [-0.05, 0) is 25.0 Å². The molecule has 0 saturated heterocycles. The number of halogens is 2. The van der Waals surface area contributed by atoms with Crippen LogP contribution >= 0.6 is 0 Å². The molecular formula is C17H17F2NO. The monoisotopic (exact) mass is 289 g/mol. The molecule has 2 nitrogen and oxygen atoms in total. The molecule has 0 radical (unpaired) electrons. The van der Waals surface area contributed by atoms with Crippen LogP contribution in [0, 0.1) is 11.6 Å².